The number of nitrogens with one attached hydrogen (secondary N) is 2. The molecule has 2 aliphatic rings. The number of morpholine rings is 1. The van der Waals surface area contributed by atoms with Crippen LogP contribution in [-0.2, 0) is 9.53 Å². The average Bonchev–Trinajstić information content (AvgIpc) is 2.56. The van der Waals surface area contributed by atoms with Gasteiger partial charge in [-0.3, -0.25) is 4.79 Å². The lowest BCUT2D eigenvalue weighted by Gasteiger charge is -2.29. The predicted octanol–water partition coefficient (Wildman–Crippen LogP) is 2.02. The Hall–Kier alpha value is -1.37. The summed E-state index contributed by atoms with van der Waals surface area (Å²) >= 11 is 0. The van der Waals surface area contributed by atoms with Crippen LogP contribution in [-0.4, -0.2) is 45.3 Å². The molecule has 2 N–H and O–H groups in total. The van der Waals surface area contributed by atoms with Gasteiger partial charge in [-0.05, 0) is 44.1 Å². The lowest BCUT2D eigenvalue weighted by Crippen LogP contribution is -2.36. The summed E-state index contributed by atoms with van der Waals surface area (Å²) in [7, 11) is 0. The minimum atomic E-state index is -0.329. The Morgan fingerprint density at radius 1 is 1.22 bits per heavy atom. The maximum absolute atomic E-state index is 13.9. The van der Waals surface area contributed by atoms with Gasteiger partial charge in [0.25, 0.3) is 0 Å². The summed E-state index contributed by atoms with van der Waals surface area (Å²) < 4.78 is 19.2. The van der Waals surface area contributed by atoms with Gasteiger partial charge in [0.05, 0.1) is 13.2 Å². The molecule has 0 aliphatic carbocycles. The number of carbonyl (C=O) groups is 1. The standard InChI is InChI=1S/C16H22FN3O2.ClH/c17-13-9-14(19-16(21)12-1-3-18-4-2-12)11-15(10-13)20-5-7-22-8-6-20;/h9-12,18H,1-8H2,(H,19,21);1H. The first-order valence-corrected chi connectivity index (χ1v) is 7.87. The van der Waals surface area contributed by atoms with Crippen molar-refractivity contribution in [3.8, 4) is 0 Å². The lowest BCUT2D eigenvalue weighted by molar-refractivity contribution is -0.120. The van der Waals surface area contributed by atoms with Crippen molar-refractivity contribution in [2.75, 3.05) is 49.6 Å². The number of nitrogens with zero attached hydrogens (tertiary/aromatic N) is 1. The third-order valence-electron chi connectivity index (χ3n) is 4.24. The van der Waals surface area contributed by atoms with E-state index in [1.807, 2.05) is 6.07 Å². The van der Waals surface area contributed by atoms with Gasteiger partial charge in [-0.25, -0.2) is 4.39 Å². The van der Waals surface area contributed by atoms with E-state index in [0.29, 0.717) is 18.9 Å². The molecular formula is C16H23ClFN3O2. The number of anilines is 2. The molecule has 128 valence electrons. The van der Waals surface area contributed by atoms with E-state index >= 15 is 0 Å². The average molecular weight is 344 g/mol. The lowest BCUT2D eigenvalue weighted by atomic mass is 9.97. The molecule has 3 rings (SSSR count). The number of ether oxygens (including phenoxy) is 1. The van der Waals surface area contributed by atoms with Crippen LogP contribution in [0, 0.1) is 11.7 Å². The molecular weight excluding hydrogens is 321 g/mol. The van der Waals surface area contributed by atoms with Gasteiger partial charge < -0.3 is 20.3 Å². The summed E-state index contributed by atoms with van der Waals surface area (Å²) in [5, 5.41) is 6.10. The van der Waals surface area contributed by atoms with E-state index in [2.05, 4.69) is 15.5 Å². The maximum Gasteiger partial charge on any atom is 0.227 e. The minimum absolute atomic E-state index is 0. The van der Waals surface area contributed by atoms with Crippen LogP contribution in [0.3, 0.4) is 0 Å². The molecule has 1 aromatic carbocycles. The zero-order valence-corrected chi connectivity index (χ0v) is 13.8. The molecule has 1 aromatic rings. The van der Waals surface area contributed by atoms with Gasteiger partial charge in [0, 0.05) is 30.4 Å². The van der Waals surface area contributed by atoms with Gasteiger partial charge in [0.1, 0.15) is 5.82 Å². The molecule has 7 heteroatoms. The highest BCUT2D eigenvalue weighted by molar-refractivity contribution is 5.93. The molecule has 0 aromatic heterocycles. The SMILES string of the molecule is Cl.O=C(Nc1cc(F)cc(N2CCOCC2)c1)C1CCNCC1. The Bertz CT molecular complexity index is 532. The van der Waals surface area contributed by atoms with Gasteiger partial charge in [-0.1, -0.05) is 0 Å². The Morgan fingerprint density at radius 3 is 2.61 bits per heavy atom. The first-order valence-electron chi connectivity index (χ1n) is 7.87. The molecule has 0 unspecified atom stereocenters. The van der Waals surface area contributed by atoms with E-state index in [0.717, 1.165) is 44.7 Å². The summed E-state index contributed by atoms with van der Waals surface area (Å²) in [5.41, 5.74) is 1.33. The summed E-state index contributed by atoms with van der Waals surface area (Å²) in [6, 6.07) is 4.72. The number of carbonyl (C=O) groups excluding carboxylic acids is 1. The van der Waals surface area contributed by atoms with E-state index < -0.39 is 0 Å². The summed E-state index contributed by atoms with van der Waals surface area (Å²) in [5.74, 6) is -0.332. The number of amides is 1. The van der Waals surface area contributed by atoms with Crippen LogP contribution in [0.2, 0.25) is 0 Å². The largest absolute Gasteiger partial charge is 0.378 e. The zero-order valence-electron chi connectivity index (χ0n) is 13.0. The monoisotopic (exact) mass is 343 g/mol. The Morgan fingerprint density at radius 2 is 1.91 bits per heavy atom. The second-order valence-electron chi connectivity index (χ2n) is 5.81. The first-order chi connectivity index (χ1) is 10.7. The van der Waals surface area contributed by atoms with Crippen molar-refractivity contribution < 1.29 is 13.9 Å². The van der Waals surface area contributed by atoms with Crippen molar-refractivity contribution >= 4 is 29.7 Å². The van der Waals surface area contributed by atoms with Gasteiger partial charge in [-0.2, -0.15) is 0 Å². The molecule has 2 aliphatic heterocycles. The van der Waals surface area contributed by atoms with E-state index in [9.17, 15) is 9.18 Å². The number of hydrogen-bond acceptors (Lipinski definition) is 4. The molecule has 5 nitrogen and oxygen atoms in total. The molecule has 23 heavy (non-hydrogen) atoms. The third kappa shape index (κ3) is 4.80. The molecule has 0 atom stereocenters. The van der Waals surface area contributed by atoms with Crippen molar-refractivity contribution in [3.63, 3.8) is 0 Å². The van der Waals surface area contributed by atoms with Crippen LogP contribution in [0.4, 0.5) is 15.8 Å². The van der Waals surface area contributed by atoms with Crippen LogP contribution in [0.5, 0.6) is 0 Å². The molecule has 0 spiro atoms. The predicted molar refractivity (Wildman–Crippen MR) is 90.9 cm³/mol. The highest BCUT2D eigenvalue weighted by atomic mass is 35.5. The van der Waals surface area contributed by atoms with Crippen molar-refractivity contribution in [1.29, 1.82) is 0 Å². The zero-order chi connectivity index (χ0) is 15.4. The quantitative estimate of drug-likeness (QED) is 0.881. The number of halogens is 2. The molecule has 2 saturated heterocycles. The first kappa shape index (κ1) is 18.0. The van der Waals surface area contributed by atoms with Crippen molar-refractivity contribution in [2.24, 2.45) is 5.92 Å². The summed E-state index contributed by atoms with van der Waals surface area (Å²) in [4.78, 5) is 14.3. The number of hydrogen-bond donors (Lipinski definition) is 2. The van der Waals surface area contributed by atoms with Gasteiger partial charge in [-0.15, -0.1) is 12.4 Å². The fraction of sp³-hybridized carbons (Fsp3) is 0.562. The van der Waals surface area contributed by atoms with Crippen LogP contribution in [0.25, 0.3) is 0 Å². The Kier molecular flexibility index (Phi) is 6.62. The second-order valence-corrected chi connectivity index (χ2v) is 5.81. The number of rotatable bonds is 3. The second kappa shape index (κ2) is 8.47. The van der Waals surface area contributed by atoms with Gasteiger partial charge in [0.2, 0.25) is 5.91 Å². The molecule has 0 bridgehead atoms. The Labute approximate surface area is 142 Å². The normalized spacial score (nSPS) is 19.1. The fourth-order valence-corrected chi connectivity index (χ4v) is 2.98. The van der Waals surface area contributed by atoms with E-state index in [1.165, 1.54) is 12.1 Å². The van der Waals surface area contributed by atoms with E-state index in [1.54, 1.807) is 0 Å². The highest BCUT2D eigenvalue weighted by Crippen LogP contribution is 2.24. The van der Waals surface area contributed by atoms with Crippen LogP contribution in [0.15, 0.2) is 18.2 Å². The van der Waals surface area contributed by atoms with Crippen molar-refractivity contribution in [3.05, 3.63) is 24.0 Å². The third-order valence-corrected chi connectivity index (χ3v) is 4.24. The van der Waals surface area contributed by atoms with Crippen LogP contribution in [0.1, 0.15) is 12.8 Å². The van der Waals surface area contributed by atoms with Crippen molar-refractivity contribution in [2.45, 2.75) is 12.8 Å². The number of piperidine rings is 1. The van der Waals surface area contributed by atoms with Crippen LogP contribution >= 0.6 is 12.4 Å². The summed E-state index contributed by atoms with van der Waals surface area (Å²) in [6.45, 7) is 4.50. The molecule has 1 amide bonds. The van der Waals surface area contributed by atoms with Gasteiger partial charge >= 0.3 is 0 Å². The van der Waals surface area contributed by atoms with Crippen LogP contribution < -0.4 is 15.5 Å². The van der Waals surface area contributed by atoms with E-state index in [4.69, 9.17) is 4.74 Å². The fourth-order valence-electron chi connectivity index (χ4n) is 2.98. The molecule has 2 heterocycles. The Balaban J connectivity index is 0.00000192. The summed E-state index contributed by atoms with van der Waals surface area (Å²) in [6.07, 6.45) is 1.66. The number of benzene rings is 1. The van der Waals surface area contributed by atoms with E-state index in [-0.39, 0.29) is 30.0 Å². The minimum Gasteiger partial charge on any atom is -0.378 e. The molecule has 2 fully saturated rings. The van der Waals surface area contributed by atoms with Gasteiger partial charge in [0.15, 0.2) is 0 Å². The topological polar surface area (TPSA) is 53.6 Å². The maximum atomic E-state index is 13.9. The highest BCUT2D eigenvalue weighted by Gasteiger charge is 2.21. The molecule has 0 saturated carbocycles. The smallest absolute Gasteiger partial charge is 0.227 e. The van der Waals surface area contributed by atoms with Crippen molar-refractivity contribution in [1.82, 2.24) is 5.32 Å². The molecule has 0 radical (unpaired) electrons.